The zero-order valence-corrected chi connectivity index (χ0v) is 13.2. The molecule has 4 rings (SSSR count). The number of carbonyl (C=O) groups is 1. The number of rotatable bonds is 3. The Bertz CT molecular complexity index is 1070. The maximum absolute atomic E-state index is 13.0. The number of oxazole rings is 1. The molecule has 2 aromatic heterocycles. The summed E-state index contributed by atoms with van der Waals surface area (Å²) < 4.78 is 19.9. The lowest BCUT2D eigenvalue weighted by molar-refractivity contribution is 0.102. The molecule has 0 radical (unpaired) electrons. The molecule has 124 valence electrons. The maximum atomic E-state index is 13.0. The predicted octanol–water partition coefficient (Wildman–Crippen LogP) is 3.71. The summed E-state index contributed by atoms with van der Waals surface area (Å²) in [6.07, 6.45) is 1.65. The summed E-state index contributed by atoms with van der Waals surface area (Å²) in [5, 5.41) is 7.00. The molecule has 0 aliphatic rings. The number of hydrogen-bond acceptors (Lipinski definition) is 4. The van der Waals surface area contributed by atoms with Crippen LogP contribution in [-0.2, 0) is 0 Å². The average Bonchev–Trinajstić information content (AvgIpc) is 3.21. The number of hydrogen-bond donors (Lipinski definition) is 1. The van der Waals surface area contributed by atoms with Gasteiger partial charge < -0.3 is 9.73 Å². The van der Waals surface area contributed by atoms with Crippen LogP contribution in [-0.4, -0.2) is 20.7 Å². The first-order valence-corrected chi connectivity index (χ1v) is 7.59. The smallest absolute Gasteiger partial charge is 0.276 e. The molecule has 0 aliphatic heterocycles. The van der Waals surface area contributed by atoms with Crippen molar-refractivity contribution in [2.75, 3.05) is 5.32 Å². The molecular formula is C18H13FN4O2. The zero-order valence-electron chi connectivity index (χ0n) is 13.2. The van der Waals surface area contributed by atoms with Gasteiger partial charge in [-0.1, -0.05) is 0 Å². The number of nitrogens with zero attached hydrogens (tertiary/aromatic N) is 3. The van der Waals surface area contributed by atoms with Gasteiger partial charge in [-0.25, -0.2) is 14.1 Å². The molecule has 7 heteroatoms. The summed E-state index contributed by atoms with van der Waals surface area (Å²) in [4.78, 5) is 16.6. The summed E-state index contributed by atoms with van der Waals surface area (Å²) in [6.45, 7) is 1.76. The van der Waals surface area contributed by atoms with Crippen molar-refractivity contribution in [3.05, 3.63) is 72.1 Å². The van der Waals surface area contributed by atoms with Crippen LogP contribution in [0.25, 0.3) is 16.8 Å². The molecule has 2 heterocycles. The number of benzene rings is 2. The van der Waals surface area contributed by atoms with Gasteiger partial charge in [-0.15, -0.1) is 0 Å². The van der Waals surface area contributed by atoms with Gasteiger partial charge in [0.15, 0.2) is 17.2 Å². The first kappa shape index (κ1) is 15.1. The summed E-state index contributed by atoms with van der Waals surface area (Å²) in [5.74, 6) is -0.107. The molecule has 1 N–H and O–H groups in total. The first-order valence-electron chi connectivity index (χ1n) is 7.59. The van der Waals surface area contributed by atoms with Crippen LogP contribution < -0.4 is 5.32 Å². The van der Waals surface area contributed by atoms with Crippen LogP contribution in [0.4, 0.5) is 10.1 Å². The van der Waals surface area contributed by atoms with Gasteiger partial charge in [0.05, 0.1) is 5.69 Å². The largest absolute Gasteiger partial charge is 0.441 e. The average molecular weight is 336 g/mol. The van der Waals surface area contributed by atoms with Crippen molar-refractivity contribution >= 4 is 22.7 Å². The molecule has 0 fully saturated rings. The van der Waals surface area contributed by atoms with E-state index in [2.05, 4.69) is 15.4 Å². The first-order chi connectivity index (χ1) is 12.1. The van der Waals surface area contributed by atoms with E-state index in [1.807, 2.05) is 0 Å². The molecular weight excluding hydrogens is 323 g/mol. The lowest BCUT2D eigenvalue weighted by atomic mass is 10.2. The number of anilines is 1. The number of aromatic nitrogens is 3. The van der Waals surface area contributed by atoms with Crippen molar-refractivity contribution in [3.8, 4) is 5.69 Å². The molecule has 0 atom stereocenters. The molecule has 2 aromatic carbocycles. The van der Waals surface area contributed by atoms with E-state index in [0.717, 1.165) is 0 Å². The molecule has 0 saturated heterocycles. The van der Waals surface area contributed by atoms with Crippen molar-refractivity contribution in [1.82, 2.24) is 14.8 Å². The molecule has 0 aliphatic carbocycles. The highest BCUT2D eigenvalue weighted by molar-refractivity contribution is 6.03. The molecule has 1 amide bonds. The maximum Gasteiger partial charge on any atom is 0.276 e. The standard InChI is InChI=1S/C18H13FN4O2/c1-11-20-16-10-13(4-7-17(16)25-11)21-18(24)15-8-9-23(22-15)14-5-2-12(19)3-6-14/h2-10H,1H3,(H,21,24). The van der Waals surface area contributed by atoms with Crippen molar-refractivity contribution in [2.24, 2.45) is 0 Å². The van der Waals surface area contributed by atoms with E-state index in [1.54, 1.807) is 49.5 Å². The second kappa shape index (κ2) is 5.86. The van der Waals surface area contributed by atoms with Gasteiger partial charge in [-0.2, -0.15) is 5.10 Å². The quantitative estimate of drug-likeness (QED) is 0.619. The summed E-state index contributed by atoms with van der Waals surface area (Å²) in [6, 6.07) is 12.7. The molecule has 0 unspecified atom stereocenters. The molecule has 25 heavy (non-hydrogen) atoms. The van der Waals surface area contributed by atoms with E-state index in [-0.39, 0.29) is 17.4 Å². The van der Waals surface area contributed by atoms with Gasteiger partial charge in [0.1, 0.15) is 11.3 Å². The van der Waals surface area contributed by atoms with E-state index < -0.39 is 0 Å². The Morgan fingerprint density at radius 2 is 1.96 bits per heavy atom. The summed E-state index contributed by atoms with van der Waals surface area (Å²) >= 11 is 0. The van der Waals surface area contributed by atoms with E-state index >= 15 is 0 Å². The second-order valence-electron chi connectivity index (χ2n) is 5.49. The Morgan fingerprint density at radius 1 is 1.16 bits per heavy atom. The Kier molecular flexibility index (Phi) is 3.53. The monoisotopic (exact) mass is 336 g/mol. The Labute approximate surface area is 141 Å². The highest BCUT2D eigenvalue weighted by Gasteiger charge is 2.12. The molecule has 0 saturated carbocycles. The van der Waals surface area contributed by atoms with Crippen LogP contribution in [0.2, 0.25) is 0 Å². The lowest BCUT2D eigenvalue weighted by Gasteiger charge is -2.03. The van der Waals surface area contributed by atoms with E-state index in [9.17, 15) is 9.18 Å². The van der Waals surface area contributed by atoms with Gasteiger partial charge in [0, 0.05) is 18.8 Å². The normalized spacial score (nSPS) is 11.0. The van der Waals surface area contributed by atoms with E-state index in [4.69, 9.17) is 4.42 Å². The fourth-order valence-corrected chi connectivity index (χ4v) is 2.50. The Hall–Kier alpha value is -3.48. The minimum Gasteiger partial charge on any atom is -0.441 e. The second-order valence-corrected chi connectivity index (χ2v) is 5.49. The van der Waals surface area contributed by atoms with Crippen LogP contribution >= 0.6 is 0 Å². The van der Waals surface area contributed by atoms with Crippen molar-refractivity contribution in [2.45, 2.75) is 6.92 Å². The van der Waals surface area contributed by atoms with Gasteiger partial charge >= 0.3 is 0 Å². The number of carbonyl (C=O) groups excluding carboxylic acids is 1. The Balaban J connectivity index is 1.55. The van der Waals surface area contributed by atoms with Crippen molar-refractivity contribution < 1.29 is 13.6 Å². The number of halogens is 1. The van der Waals surface area contributed by atoms with Gasteiger partial charge in [-0.05, 0) is 48.5 Å². The highest BCUT2D eigenvalue weighted by Crippen LogP contribution is 2.20. The van der Waals surface area contributed by atoms with Gasteiger partial charge in [0.25, 0.3) is 5.91 Å². The molecule has 6 nitrogen and oxygen atoms in total. The van der Waals surface area contributed by atoms with Crippen LogP contribution in [0.3, 0.4) is 0 Å². The van der Waals surface area contributed by atoms with Crippen molar-refractivity contribution in [1.29, 1.82) is 0 Å². The number of nitrogens with one attached hydrogen (secondary N) is 1. The number of aryl methyl sites for hydroxylation is 1. The molecule has 0 bridgehead atoms. The van der Waals surface area contributed by atoms with Crippen LogP contribution in [0.15, 0.2) is 59.1 Å². The SMILES string of the molecule is Cc1nc2cc(NC(=O)c3ccn(-c4ccc(F)cc4)n3)ccc2o1. The van der Waals surface area contributed by atoms with Crippen LogP contribution in [0.5, 0.6) is 0 Å². The number of fused-ring (bicyclic) bond motifs is 1. The minimum absolute atomic E-state index is 0.251. The van der Waals surface area contributed by atoms with Crippen LogP contribution in [0, 0.1) is 12.7 Å². The van der Waals surface area contributed by atoms with E-state index in [1.165, 1.54) is 16.8 Å². The minimum atomic E-state index is -0.347. The summed E-state index contributed by atoms with van der Waals surface area (Å²) in [7, 11) is 0. The topological polar surface area (TPSA) is 73.0 Å². The fourth-order valence-electron chi connectivity index (χ4n) is 2.50. The third kappa shape index (κ3) is 2.99. The van der Waals surface area contributed by atoms with E-state index in [0.29, 0.717) is 28.4 Å². The van der Waals surface area contributed by atoms with Crippen LogP contribution in [0.1, 0.15) is 16.4 Å². The molecule has 4 aromatic rings. The van der Waals surface area contributed by atoms with Gasteiger partial charge in [0.2, 0.25) is 0 Å². The zero-order chi connectivity index (χ0) is 17.4. The summed E-state index contributed by atoms with van der Waals surface area (Å²) in [5.41, 5.74) is 2.85. The van der Waals surface area contributed by atoms with Gasteiger partial charge in [-0.3, -0.25) is 4.79 Å². The lowest BCUT2D eigenvalue weighted by Crippen LogP contribution is -2.13. The third-order valence-electron chi connectivity index (χ3n) is 3.67. The fraction of sp³-hybridized carbons (Fsp3) is 0.0556. The predicted molar refractivity (Wildman–Crippen MR) is 90.2 cm³/mol. The Morgan fingerprint density at radius 3 is 2.76 bits per heavy atom. The molecule has 0 spiro atoms. The number of amides is 1. The highest BCUT2D eigenvalue weighted by atomic mass is 19.1. The third-order valence-corrected chi connectivity index (χ3v) is 3.67. The van der Waals surface area contributed by atoms with Crippen molar-refractivity contribution in [3.63, 3.8) is 0 Å².